The summed E-state index contributed by atoms with van der Waals surface area (Å²) >= 11 is 0. The lowest BCUT2D eigenvalue weighted by Crippen LogP contribution is -2.37. The molecule has 2 aromatic rings. The second kappa shape index (κ2) is 10.7. The molecule has 1 fully saturated rings. The molecular weight excluding hydrogens is 400 g/mol. The molecule has 2 N–H and O–H groups in total. The first-order valence-corrected chi connectivity index (χ1v) is 12.1. The van der Waals surface area contributed by atoms with E-state index in [1.54, 1.807) is 12.1 Å². The van der Waals surface area contributed by atoms with E-state index in [4.69, 9.17) is 4.74 Å². The number of nitrogens with one attached hydrogen (secondary N) is 2. The molecule has 0 unspecified atom stereocenters. The van der Waals surface area contributed by atoms with Gasteiger partial charge in [-0.3, -0.25) is 9.59 Å². The molecule has 2 amide bonds. The first kappa shape index (κ1) is 22.4. The van der Waals surface area contributed by atoms with E-state index < -0.39 is 6.10 Å². The number of ether oxygens (including phenoxy) is 1. The minimum Gasteiger partial charge on any atom is -0.481 e. The maximum atomic E-state index is 13.0. The van der Waals surface area contributed by atoms with Gasteiger partial charge < -0.3 is 15.4 Å². The Bertz CT molecular complexity index is 950. The summed E-state index contributed by atoms with van der Waals surface area (Å²) < 4.78 is 6.07. The van der Waals surface area contributed by atoms with Crippen LogP contribution in [0.4, 0.5) is 5.69 Å². The van der Waals surface area contributed by atoms with Crippen molar-refractivity contribution in [3.8, 4) is 5.75 Å². The Balaban J connectivity index is 1.42. The molecule has 2 aromatic carbocycles. The molecule has 4 rings (SSSR count). The normalized spacial score (nSPS) is 17.2. The zero-order valence-electron chi connectivity index (χ0n) is 19.0. The molecule has 0 aromatic heterocycles. The van der Waals surface area contributed by atoms with Crippen molar-refractivity contribution in [1.29, 1.82) is 0 Å². The summed E-state index contributed by atoms with van der Waals surface area (Å²) in [6.07, 6.45) is 10.1. The minimum absolute atomic E-state index is 0.128. The Hall–Kier alpha value is -2.82. The summed E-state index contributed by atoms with van der Waals surface area (Å²) in [6.45, 7) is 1.93. The highest BCUT2D eigenvalue weighted by atomic mass is 16.5. The van der Waals surface area contributed by atoms with E-state index in [0.29, 0.717) is 17.7 Å². The van der Waals surface area contributed by atoms with Crippen molar-refractivity contribution >= 4 is 17.5 Å². The summed E-state index contributed by atoms with van der Waals surface area (Å²) in [4.78, 5) is 25.9. The number of para-hydroxylation sites is 1. The van der Waals surface area contributed by atoms with E-state index >= 15 is 0 Å². The fourth-order valence-electron chi connectivity index (χ4n) is 4.78. The number of benzene rings is 2. The third-order valence-corrected chi connectivity index (χ3v) is 6.63. The molecule has 0 spiro atoms. The van der Waals surface area contributed by atoms with Crippen LogP contribution < -0.4 is 15.4 Å². The second-order valence-corrected chi connectivity index (χ2v) is 9.00. The van der Waals surface area contributed by atoms with E-state index in [9.17, 15) is 9.59 Å². The van der Waals surface area contributed by atoms with Crippen molar-refractivity contribution < 1.29 is 14.3 Å². The highest BCUT2D eigenvalue weighted by Crippen LogP contribution is 2.27. The number of anilines is 1. The lowest BCUT2D eigenvalue weighted by molar-refractivity contribution is -0.122. The highest BCUT2D eigenvalue weighted by Gasteiger charge is 2.23. The SMILES string of the molecule is CC[C@H](Oc1ccc2c(c1)CCCC2)C(=O)Nc1ccccc1C(=O)NC1CCCCC1. The molecule has 0 bridgehead atoms. The average molecular weight is 435 g/mol. The largest absolute Gasteiger partial charge is 0.481 e. The van der Waals surface area contributed by atoms with Crippen molar-refractivity contribution in [2.75, 3.05) is 5.32 Å². The smallest absolute Gasteiger partial charge is 0.265 e. The summed E-state index contributed by atoms with van der Waals surface area (Å²) in [5.74, 6) is 0.371. The lowest BCUT2D eigenvalue weighted by Gasteiger charge is -2.24. The number of fused-ring (bicyclic) bond motifs is 1. The van der Waals surface area contributed by atoms with Crippen LogP contribution in [0.15, 0.2) is 42.5 Å². The van der Waals surface area contributed by atoms with Crippen LogP contribution in [0.2, 0.25) is 0 Å². The molecule has 1 atom stereocenters. The number of aryl methyl sites for hydroxylation is 2. The second-order valence-electron chi connectivity index (χ2n) is 9.00. The van der Waals surface area contributed by atoms with E-state index in [-0.39, 0.29) is 17.9 Å². The van der Waals surface area contributed by atoms with E-state index in [1.165, 1.54) is 30.4 Å². The number of rotatable bonds is 7. The molecule has 0 aliphatic heterocycles. The zero-order valence-corrected chi connectivity index (χ0v) is 19.0. The van der Waals surface area contributed by atoms with Gasteiger partial charge in [-0.15, -0.1) is 0 Å². The van der Waals surface area contributed by atoms with E-state index in [0.717, 1.165) is 44.3 Å². The van der Waals surface area contributed by atoms with E-state index in [1.807, 2.05) is 25.1 Å². The molecular formula is C27H34N2O3. The van der Waals surface area contributed by atoms with Crippen LogP contribution in [-0.2, 0) is 17.6 Å². The summed E-state index contributed by atoms with van der Waals surface area (Å²) in [6, 6.07) is 13.6. The fourth-order valence-corrected chi connectivity index (χ4v) is 4.78. The Labute approximate surface area is 190 Å². The lowest BCUT2D eigenvalue weighted by atomic mass is 9.92. The molecule has 5 heteroatoms. The van der Waals surface area contributed by atoms with Crippen molar-refractivity contribution in [3.05, 3.63) is 59.2 Å². The number of carbonyl (C=O) groups excluding carboxylic acids is 2. The quantitative estimate of drug-likeness (QED) is 0.611. The van der Waals surface area contributed by atoms with Crippen molar-refractivity contribution in [2.24, 2.45) is 0 Å². The molecule has 1 saturated carbocycles. The van der Waals surface area contributed by atoms with Gasteiger partial charge in [0.15, 0.2) is 6.10 Å². The molecule has 0 saturated heterocycles. The van der Waals surface area contributed by atoms with Gasteiger partial charge in [0.1, 0.15) is 5.75 Å². The molecule has 32 heavy (non-hydrogen) atoms. The number of carbonyl (C=O) groups is 2. The predicted molar refractivity (Wildman–Crippen MR) is 127 cm³/mol. The topological polar surface area (TPSA) is 67.4 Å². The van der Waals surface area contributed by atoms with Crippen LogP contribution in [0.1, 0.15) is 79.8 Å². The maximum absolute atomic E-state index is 13.0. The molecule has 0 heterocycles. The third kappa shape index (κ3) is 5.50. The monoisotopic (exact) mass is 434 g/mol. The van der Waals surface area contributed by atoms with Crippen LogP contribution in [0.3, 0.4) is 0 Å². The number of hydrogen-bond donors (Lipinski definition) is 2. The summed E-state index contributed by atoms with van der Waals surface area (Å²) in [5.41, 5.74) is 3.74. The van der Waals surface area contributed by atoms with Crippen LogP contribution in [-0.4, -0.2) is 24.0 Å². The summed E-state index contributed by atoms with van der Waals surface area (Å²) in [7, 11) is 0. The zero-order chi connectivity index (χ0) is 22.3. The van der Waals surface area contributed by atoms with Crippen LogP contribution in [0.25, 0.3) is 0 Å². The first-order chi connectivity index (χ1) is 15.6. The van der Waals surface area contributed by atoms with Crippen LogP contribution in [0.5, 0.6) is 5.75 Å². The fraction of sp³-hybridized carbons (Fsp3) is 0.481. The average Bonchev–Trinajstić information content (AvgIpc) is 2.83. The van der Waals surface area contributed by atoms with Gasteiger partial charge in [0.2, 0.25) is 0 Å². The predicted octanol–water partition coefficient (Wildman–Crippen LogP) is 5.42. The molecule has 2 aliphatic rings. The van der Waals surface area contributed by atoms with Gasteiger partial charge in [0.05, 0.1) is 11.3 Å². The van der Waals surface area contributed by atoms with Gasteiger partial charge in [-0.1, -0.05) is 44.4 Å². The van der Waals surface area contributed by atoms with Gasteiger partial charge in [-0.25, -0.2) is 0 Å². The maximum Gasteiger partial charge on any atom is 0.265 e. The van der Waals surface area contributed by atoms with Crippen molar-refractivity contribution in [3.63, 3.8) is 0 Å². The molecule has 2 aliphatic carbocycles. The molecule has 5 nitrogen and oxygen atoms in total. The highest BCUT2D eigenvalue weighted by molar-refractivity contribution is 6.04. The van der Waals surface area contributed by atoms with Gasteiger partial charge in [0, 0.05) is 6.04 Å². The standard InChI is InChI=1S/C27H34N2O3/c1-2-25(32-22-17-16-19-10-6-7-11-20(19)18-22)27(31)29-24-15-9-8-14-23(24)26(30)28-21-12-4-3-5-13-21/h8-9,14-18,21,25H,2-7,10-13H2,1H3,(H,28,30)(H,29,31)/t25-/m0/s1. The minimum atomic E-state index is -0.619. The molecule has 0 radical (unpaired) electrons. The summed E-state index contributed by atoms with van der Waals surface area (Å²) in [5, 5.41) is 6.08. The number of hydrogen-bond acceptors (Lipinski definition) is 3. The van der Waals surface area contributed by atoms with Gasteiger partial charge in [-0.05, 0) is 80.3 Å². The van der Waals surface area contributed by atoms with Gasteiger partial charge >= 0.3 is 0 Å². The van der Waals surface area contributed by atoms with Crippen molar-refractivity contribution in [2.45, 2.75) is 83.3 Å². The van der Waals surface area contributed by atoms with Crippen LogP contribution in [0, 0.1) is 0 Å². The molecule has 170 valence electrons. The Kier molecular flexibility index (Phi) is 7.46. The third-order valence-electron chi connectivity index (χ3n) is 6.63. The number of amides is 2. The Morgan fingerprint density at radius 2 is 1.72 bits per heavy atom. The van der Waals surface area contributed by atoms with E-state index in [2.05, 4.69) is 22.8 Å². The van der Waals surface area contributed by atoms with Gasteiger partial charge in [-0.2, -0.15) is 0 Å². The van der Waals surface area contributed by atoms with Crippen molar-refractivity contribution in [1.82, 2.24) is 5.32 Å². The Morgan fingerprint density at radius 1 is 0.969 bits per heavy atom. The van der Waals surface area contributed by atoms with Crippen LogP contribution >= 0.6 is 0 Å². The Morgan fingerprint density at radius 3 is 2.50 bits per heavy atom. The van der Waals surface area contributed by atoms with Gasteiger partial charge in [0.25, 0.3) is 11.8 Å². The first-order valence-electron chi connectivity index (χ1n) is 12.1.